The summed E-state index contributed by atoms with van der Waals surface area (Å²) in [5.41, 5.74) is 1.70. The molecule has 0 saturated heterocycles. The zero-order valence-corrected chi connectivity index (χ0v) is 15.3. The molecule has 0 aliphatic rings. The highest BCUT2D eigenvalue weighted by molar-refractivity contribution is 5.89. The van der Waals surface area contributed by atoms with Crippen molar-refractivity contribution in [3.63, 3.8) is 0 Å². The van der Waals surface area contributed by atoms with Gasteiger partial charge in [-0.3, -0.25) is 0 Å². The summed E-state index contributed by atoms with van der Waals surface area (Å²) < 4.78 is 5.83. The highest BCUT2D eigenvalue weighted by Gasteiger charge is 2.17. The Morgan fingerprint density at radius 3 is 2.00 bits per heavy atom. The molecule has 0 aliphatic carbocycles. The molecule has 0 amide bonds. The van der Waals surface area contributed by atoms with Crippen molar-refractivity contribution < 1.29 is 9.53 Å². The molecule has 2 nitrogen and oxygen atoms in total. The van der Waals surface area contributed by atoms with Gasteiger partial charge in [0.2, 0.25) is 0 Å². The standard InChI is InChI=1S/C23H30O2/c1-2-3-4-5-6-7-14-19-22(20-15-10-8-11-16-20)25-23(24)21-17-12-9-13-18-21/h8-13,15-18,22H,2-7,14,19H2,1H3/t22-/m0/s1. The van der Waals surface area contributed by atoms with Crippen molar-refractivity contribution in [3.8, 4) is 0 Å². The van der Waals surface area contributed by atoms with Gasteiger partial charge in [-0.05, 0) is 30.5 Å². The Kier molecular flexibility index (Phi) is 8.82. The van der Waals surface area contributed by atoms with Gasteiger partial charge in [0.15, 0.2) is 0 Å². The minimum Gasteiger partial charge on any atom is -0.454 e. The monoisotopic (exact) mass is 338 g/mol. The van der Waals surface area contributed by atoms with Crippen molar-refractivity contribution in [1.82, 2.24) is 0 Å². The second-order valence-electron chi connectivity index (χ2n) is 6.58. The third-order valence-electron chi connectivity index (χ3n) is 4.50. The quantitative estimate of drug-likeness (QED) is 0.335. The molecule has 0 unspecified atom stereocenters. The Balaban J connectivity index is 1.87. The van der Waals surface area contributed by atoms with E-state index in [1.54, 1.807) is 12.1 Å². The van der Waals surface area contributed by atoms with Gasteiger partial charge in [-0.1, -0.05) is 94.0 Å². The van der Waals surface area contributed by atoms with E-state index in [4.69, 9.17) is 4.74 Å². The fourth-order valence-corrected chi connectivity index (χ4v) is 3.02. The number of carbonyl (C=O) groups excluding carboxylic acids is 1. The van der Waals surface area contributed by atoms with Gasteiger partial charge in [0, 0.05) is 0 Å². The van der Waals surface area contributed by atoms with Crippen LogP contribution >= 0.6 is 0 Å². The maximum Gasteiger partial charge on any atom is 0.338 e. The van der Waals surface area contributed by atoms with E-state index in [1.807, 2.05) is 48.5 Å². The summed E-state index contributed by atoms with van der Waals surface area (Å²) in [6, 6.07) is 19.3. The molecule has 0 spiro atoms. The summed E-state index contributed by atoms with van der Waals surface area (Å²) in [6.45, 7) is 2.24. The van der Waals surface area contributed by atoms with E-state index in [1.165, 1.54) is 38.5 Å². The number of rotatable bonds is 11. The van der Waals surface area contributed by atoms with Crippen molar-refractivity contribution in [3.05, 3.63) is 71.8 Å². The number of hydrogen-bond acceptors (Lipinski definition) is 2. The highest BCUT2D eigenvalue weighted by atomic mass is 16.5. The van der Waals surface area contributed by atoms with Gasteiger partial charge >= 0.3 is 5.97 Å². The normalized spacial score (nSPS) is 11.9. The molecule has 0 bridgehead atoms. The molecule has 0 saturated carbocycles. The van der Waals surface area contributed by atoms with Crippen molar-refractivity contribution in [2.45, 2.75) is 64.4 Å². The summed E-state index contributed by atoms with van der Waals surface area (Å²) in [5, 5.41) is 0. The molecule has 2 rings (SSSR count). The SMILES string of the molecule is CCCCCCCCC[C@H](OC(=O)c1ccccc1)c1ccccc1. The van der Waals surface area contributed by atoms with Crippen molar-refractivity contribution in [2.75, 3.05) is 0 Å². The first-order valence-corrected chi connectivity index (χ1v) is 9.62. The molecule has 1 atom stereocenters. The second kappa shape index (κ2) is 11.5. The minimum atomic E-state index is -0.239. The Hall–Kier alpha value is -2.09. The highest BCUT2D eigenvalue weighted by Crippen LogP contribution is 2.25. The number of unbranched alkanes of at least 4 members (excludes halogenated alkanes) is 6. The largest absolute Gasteiger partial charge is 0.454 e. The topological polar surface area (TPSA) is 26.3 Å². The van der Waals surface area contributed by atoms with Crippen LogP contribution in [0.2, 0.25) is 0 Å². The Bertz CT molecular complexity index is 592. The molecule has 0 aromatic heterocycles. The van der Waals surface area contributed by atoms with Crippen LogP contribution in [-0.4, -0.2) is 5.97 Å². The Morgan fingerprint density at radius 2 is 1.36 bits per heavy atom. The van der Waals surface area contributed by atoms with E-state index in [9.17, 15) is 4.79 Å². The molecule has 0 N–H and O–H groups in total. The Labute approximate surface area is 152 Å². The van der Waals surface area contributed by atoms with E-state index in [-0.39, 0.29) is 12.1 Å². The van der Waals surface area contributed by atoms with E-state index in [0.29, 0.717) is 5.56 Å². The zero-order chi connectivity index (χ0) is 17.7. The summed E-state index contributed by atoms with van der Waals surface area (Å²) in [4.78, 5) is 12.4. The summed E-state index contributed by atoms with van der Waals surface area (Å²) >= 11 is 0. The first kappa shape index (κ1) is 19.2. The van der Waals surface area contributed by atoms with Gasteiger partial charge < -0.3 is 4.74 Å². The summed E-state index contributed by atoms with van der Waals surface area (Å²) in [6.07, 6.45) is 9.56. The van der Waals surface area contributed by atoms with Crippen LogP contribution in [0, 0.1) is 0 Å². The number of ether oxygens (including phenoxy) is 1. The smallest absolute Gasteiger partial charge is 0.338 e. The molecule has 2 aromatic carbocycles. The number of esters is 1. The first-order valence-electron chi connectivity index (χ1n) is 9.62. The molecular weight excluding hydrogens is 308 g/mol. The van der Waals surface area contributed by atoms with Gasteiger partial charge in [-0.15, -0.1) is 0 Å². The van der Waals surface area contributed by atoms with Crippen molar-refractivity contribution >= 4 is 5.97 Å². The van der Waals surface area contributed by atoms with Crippen molar-refractivity contribution in [1.29, 1.82) is 0 Å². The molecule has 0 aliphatic heterocycles. The maximum atomic E-state index is 12.4. The maximum absolute atomic E-state index is 12.4. The number of hydrogen-bond donors (Lipinski definition) is 0. The zero-order valence-electron chi connectivity index (χ0n) is 15.3. The van der Waals surface area contributed by atoms with Crippen LogP contribution in [0.3, 0.4) is 0 Å². The molecule has 25 heavy (non-hydrogen) atoms. The van der Waals surface area contributed by atoms with E-state index in [2.05, 4.69) is 6.92 Å². The van der Waals surface area contributed by atoms with Gasteiger partial charge in [-0.25, -0.2) is 4.79 Å². The van der Waals surface area contributed by atoms with E-state index < -0.39 is 0 Å². The predicted molar refractivity (Wildman–Crippen MR) is 104 cm³/mol. The van der Waals surface area contributed by atoms with Crippen LogP contribution in [0.15, 0.2) is 60.7 Å². The van der Waals surface area contributed by atoms with Gasteiger partial charge in [0.1, 0.15) is 6.10 Å². The van der Waals surface area contributed by atoms with Crippen LogP contribution in [-0.2, 0) is 4.74 Å². The molecule has 0 heterocycles. The lowest BCUT2D eigenvalue weighted by molar-refractivity contribution is 0.0270. The lowest BCUT2D eigenvalue weighted by Gasteiger charge is -2.18. The van der Waals surface area contributed by atoms with E-state index >= 15 is 0 Å². The third kappa shape index (κ3) is 7.13. The fraction of sp³-hybridized carbons (Fsp3) is 0.435. The molecule has 2 heteroatoms. The second-order valence-corrected chi connectivity index (χ2v) is 6.58. The molecule has 2 aromatic rings. The fourth-order valence-electron chi connectivity index (χ4n) is 3.02. The molecular formula is C23H30O2. The third-order valence-corrected chi connectivity index (χ3v) is 4.50. The number of benzene rings is 2. The van der Waals surface area contributed by atoms with Gasteiger partial charge in [0.05, 0.1) is 5.56 Å². The first-order chi connectivity index (χ1) is 12.3. The lowest BCUT2D eigenvalue weighted by Crippen LogP contribution is -2.12. The van der Waals surface area contributed by atoms with Gasteiger partial charge in [-0.2, -0.15) is 0 Å². The number of carbonyl (C=O) groups is 1. The van der Waals surface area contributed by atoms with E-state index in [0.717, 1.165) is 18.4 Å². The van der Waals surface area contributed by atoms with Gasteiger partial charge in [0.25, 0.3) is 0 Å². The minimum absolute atomic E-state index is 0.162. The molecule has 0 radical (unpaired) electrons. The van der Waals surface area contributed by atoms with Crippen LogP contribution in [0.25, 0.3) is 0 Å². The van der Waals surface area contributed by atoms with Crippen LogP contribution in [0.4, 0.5) is 0 Å². The summed E-state index contributed by atoms with van der Waals surface area (Å²) in [5.74, 6) is -0.239. The lowest BCUT2D eigenvalue weighted by atomic mass is 10.0. The summed E-state index contributed by atoms with van der Waals surface area (Å²) in [7, 11) is 0. The molecule has 0 fully saturated rings. The predicted octanol–water partition coefficient (Wildman–Crippen LogP) is 6.73. The Morgan fingerprint density at radius 1 is 0.800 bits per heavy atom. The van der Waals surface area contributed by atoms with Crippen molar-refractivity contribution in [2.24, 2.45) is 0 Å². The molecule has 134 valence electrons. The van der Waals surface area contributed by atoms with Crippen LogP contribution in [0.1, 0.15) is 80.3 Å². The van der Waals surface area contributed by atoms with Crippen LogP contribution < -0.4 is 0 Å². The average Bonchev–Trinajstić information content (AvgIpc) is 2.67. The van der Waals surface area contributed by atoms with Crippen LogP contribution in [0.5, 0.6) is 0 Å². The average molecular weight is 338 g/mol.